The summed E-state index contributed by atoms with van der Waals surface area (Å²) in [5.74, 6) is -1.35. The van der Waals surface area contributed by atoms with Gasteiger partial charge in [0.15, 0.2) is 0 Å². The molecule has 6 heteroatoms. The Morgan fingerprint density at radius 1 is 1.29 bits per heavy atom. The predicted molar refractivity (Wildman–Crippen MR) is 73.9 cm³/mol. The SMILES string of the molecule is CC(C)(C)OC(=O)N[C@H](C=O)CCc1cc(F)cc(F)c1. The number of ether oxygens (including phenoxy) is 1. The molecule has 0 bridgehead atoms. The van der Waals surface area contributed by atoms with E-state index in [0.717, 1.165) is 6.07 Å². The van der Waals surface area contributed by atoms with Crippen LogP contribution in [0.2, 0.25) is 0 Å². The van der Waals surface area contributed by atoms with Gasteiger partial charge in [0.25, 0.3) is 0 Å². The fourth-order valence-corrected chi connectivity index (χ4v) is 1.71. The Kier molecular flexibility index (Phi) is 5.81. The van der Waals surface area contributed by atoms with Crippen LogP contribution in [0.1, 0.15) is 32.8 Å². The van der Waals surface area contributed by atoms with Crippen LogP contribution in [0.25, 0.3) is 0 Å². The average Bonchev–Trinajstić information content (AvgIpc) is 2.30. The molecule has 116 valence electrons. The highest BCUT2D eigenvalue weighted by Crippen LogP contribution is 2.11. The van der Waals surface area contributed by atoms with Gasteiger partial charge >= 0.3 is 6.09 Å². The molecule has 0 unspecified atom stereocenters. The lowest BCUT2D eigenvalue weighted by Crippen LogP contribution is -2.40. The third-order valence-electron chi connectivity index (χ3n) is 2.53. The van der Waals surface area contributed by atoms with Gasteiger partial charge in [-0.05, 0) is 51.3 Å². The van der Waals surface area contributed by atoms with Crippen molar-refractivity contribution in [1.29, 1.82) is 0 Å². The van der Waals surface area contributed by atoms with Crippen LogP contribution in [0.3, 0.4) is 0 Å². The first kappa shape index (κ1) is 17.1. The van der Waals surface area contributed by atoms with Crippen molar-refractivity contribution in [1.82, 2.24) is 5.32 Å². The summed E-state index contributed by atoms with van der Waals surface area (Å²) in [6.45, 7) is 5.12. The average molecular weight is 299 g/mol. The molecule has 0 aromatic heterocycles. The molecule has 1 aromatic carbocycles. The molecule has 0 spiro atoms. The molecule has 0 aliphatic carbocycles. The van der Waals surface area contributed by atoms with Crippen molar-refractivity contribution < 1.29 is 23.1 Å². The first-order chi connectivity index (χ1) is 9.69. The number of rotatable bonds is 5. The molecule has 1 N–H and O–H groups in total. The molecule has 0 aliphatic heterocycles. The number of nitrogens with one attached hydrogen (secondary N) is 1. The van der Waals surface area contributed by atoms with Crippen molar-refractivity contribution in [3.63, 3.8) is 0 Å². The molecule has 0 saturated carbocycles. The van der Waals surface area contributed by atoms with Crippen LogP contribution >= 0.6 is 0 Å². The van der Waals surface area contributed by atoms with Gasteiger partial charge in [0.05, 0.1) is 6.04 Å². The second-order valence-corrected chi connectivity index (χ2v) is 5.71. The van der Waals surface area contributed by atoms with Gasteiger partial charge in [-0.2, -0.15) is 0 Å². The van der Waals surface area contributed by atoms with Crippen LogP contribution in [0.4, 0.5) is 13.6 Å². The van der Waals surface area contributed by atoms with Gasteiger partial charge in [0.1, 0.15) is 23.5 Å². The van der Waals surface area contributed by atoms with Crippen LogP contribution in [0.15, 0.2) is 18.2 Å². The predicted octanol–water partition coefficient (Wildman–Crippen LogP) is 2.99. The van der Waals surface area contributed by atoms with Gasteiger partial charge in [-0.15, -0.1) is 0 Å². The van der Waals surface area contributed by atoms with E-state index in [-0.39, 0.29) is 12.8 Å². The Morgan fingerprint density at radius 2 is 1.86 bits per heavy atom. The number of carbonyl (C=O) groups is 2. The normalized spacial score (nSPS) is 12.6. The third kappa shape index (κ3) is 6.83. The quantitative estimate of drug-likeness (QED) is 0.850. The van der Waals surface area contributed by atoms with Crippen LogP contribution in [0.5, 0.6) is 0 Å². The van der Waals surface area contributed by atoms with Gasteiger partial charge in [-0.25, -0.2) is 13.6 Å². The van der Waals surface area contributed by atoms with Crippen LogP contribution in [-0.4, -0.2) is 24.0 Å². The second kappa shape index (κ2) is 7.15. The molecule has 0 fully saturated rings. The fourth-order valence-electron chi connectivity index (χ4n) is 1.71. The summed E-state index contributed by atoms with van der Waals surface area (Å²) in [5, 5.41) is 2.41. The molecular weight excluding hydrogens is 280 g/mol. The Morgan fingerprint density at radius 3 is 2.33 bits per heavy atom. The zero-order chi connectivity index (χ0) is 16.0. The minimum absolute atomic E-state index is 0.228. The Bertz CT molecular complexity index is 492. The summed E-state index contributed by atoms with van der Waals surface area (Å²) in [7, 11) is 0. The van der Waals surface area contributed by atoms with Crippen molar-refractivity contribution >= 4 is 12.4 Å². The van der Waals surface area contributed by atoms with Crippen molar-refractivity contribution in [3.05, 3.63) is 35.4 Å². The van der Waals surface area contributed by atoms with E-state index in [1.807, 2.05) is 0 Å². The number of aryl methyl sites for hydroxylation is 1. The van der Waals surface area contributed by atoms with E-state index in [1.54, 1.807) is 20.8 Å². The molecule has 0 aliphatic rings. The largest absolute Gasteiger partial charge is 0.444 e. The summed E-state index contributed by atoms with van der Waals surface area (Å²) in [5.41, 5.74) is -0.242. The van der Waals surface area contributed by atoms with Crippen molar-refractivity contribution in [2.75, 3.05) is 0 Å². The molecule has 21 heavy (non-hydrogen) atoms. The number of carbonyl (C=O) groups excluding carboxylic acids is 2. The highest BCUT2D eigenvalue weighted by Gasteiger charge is 2.19. The lowest BCUT2D eigenvalue weighted by molar-refractivity contribution is -0.109. The first-order valence-corrected chi connectivity index (χ1v) is 6.59. The van der Waals surface area contributed by atoms with Crippen LogP contribution in [-0.2, 0) is 16.0 Å². The minimum atomic E-state index is -0.772. The van der Waals surface area contributed by atoms with E-state index in [9.17, 15) is 18.4 Å². The van der Waals surface area contributed by atoms with Crippen LogP contribution in [0, 0.1) is 11.6 Å². The number of hydrogen-bond acceptors (Lipinski definition) is 3. The molecule has 1 rings (SSSR count). The van der Waals surface area contributed by atoms with Crippen molar-refractivity contribution in [3.8, 4) is 0 Å². The Labute approximate surface area is 122 Å². The Hall–Kier alpha value is -1.98. The van der Waals surface area contributed by atoms with Crippen molar-refractivity contribution in [2.45, 2.75) is 45.3 Å². The van der Waals surface area contributed by atoms with Gasteiger partial charge < -0.3 is 14.8 Å². The van der Waals surface area contributed by atoms with E-state index < -0.39 is 29.4 Å². The summed E-state index contributed by atoms with van der Waals surface area (Å²) in [4.78, 5) is 22.5. The van der Waals surface area contributed by atoms with E-state index in [2.05, 4.69) is 5.32 Å². The third-order valence-corrected chi connectivity index (χ3v) is 2.53. The van der Waals surface area contributed by atoms with E-state index in [0.29, 0.717) is 11.8 Å². The maximum Gasteiger partial charge on any atom is 0.408 e. The van der Waals surface area contributed by atoms with E-state index in [1.165, 1.54) is 12.1 Å². The standard InChI is InChI=1S/C15H19F2NO3/c1-15(2,3)21-14(20)18-13(9-19)5-4-10-6-11(16)8-12(17)7-10/h6-9,13H,4-5H2,1-3H3,(H,18,20)/t13-/m0/s1. The highest BCUT2D eigenvalue weighted by atomic mass is 19.1. The molecule has 1 amide bonds. The number of halogens is 2. The molecular formula is C15H19F2NO3. The summed E-state index contributed by atoms with van der Waals surface area (Å²) in [6.07, 6.45) is 0.351. The molecule has 0 saturated heterocycles. The topological polar surface area (TPSA) is 55.4 Å². The smallest absolute Gasteiger partial charge is 0.408 e. The lowest BCUT2D eigenvalue weighted by atomic mass is 10.1. The Balaban J connectivity index is 2.54. The van der Waals surface area contributed by atoms with Crippen molar-refractivity contribution in [2.24, 2.45) is 0 Å². The van der Waals surface area contributed by atoms with Gasteiger partial charge in [0, 0.05) is 6.07 Å². The highest BCUT2D eigenvalue weighted by molar-refractivity contribution is 5.73. The minimum Gasteiger partial charge on any atom is -0.444 e. The summed E-state index contributed by atoms with van der Waals surface area (Å²) in [6, 6.07) is 2.39. The number of benzene rings is 1. The molecule has 4 nitrogen and oxygen atoms in total. The summed E-state index contributed by atoms with van der Waals surface area (Å²) < 4.78 is 31.1. The summed E-state index contributed by atoms with van der Waals surface area (Å²) >= 11 is 0. The van der Waals surface area contributed by atoms with Gasteiger partial charge in [-0.3, -0.25) is 0 Å². The maximum absolute atomic E-state index is 13.0. The number of alkyl carbamates (subject to hydrolysis) is 1. The number of aldehydes is 1. The number of hydrogen-bond donors (Lipinski definition) is 1. The molecule has 1 atom stereocenters. The first-order valence-electron chi connectivity index (χ1n) is 6.59. The lowest BCUT2D eigenvalue weighted by Gasteiger charge is -2.21. The maximum atomic E-state index is 13.0. The van der Waals surface area contributed by atoms with E-state index in [4.69, 9.17) is 4.74 Å². The fraction of sp³-hybridized carbons (Fsp3) is 0.467. The monoisotopic (exact) mass is 299 g/mol. The van der Waals surface area contributed by atoms with Gasteiger partial charge in [0.2, 0.25) is 0 Å². The van der Waals surface area contributed by atoms with Gasteiger partial charge in [-0.1, -0.05) is 0 Å². The zero-order valence-corrected chi connectivity index (χ0v) is 12.3. The number of amides is 1. The molecule has 0 radical (unpaired) electrons. The molecule has 1 aromatic rings. The zero-order valence-electron chi connectivity index (χ0n) is 12.3. The molecule has 0 heterocycles. The second-order valence-electron chi connectivity index (χ2n) is 5.71. The van der Waals surface area contributed by atoms with E-state index >= 15 is 0 Å². The van der Waals surface area contributed by atoms with Crippen LogP contribution < -0.4 is 5.32 Å².